The van der Waals surface area contributed by atoms with E-state index in [4.69, 9.17) is 4.42 Å². The summed E-state index contributed by atoms with van der Waals surface area (Å²) in [5.41, 5.74) is 0.489. The van der Waals surface area contributed by atoms with Gasteiger partial charge in [0.2, 0.25) is 5.43 Å². The van der Waals surface area contributed by atoms with Crippen LogP contribution in [0.4, 0.5) is 0 Å². The van der Waals surface area contributed by atoms with Gasteiger partial charge in [0.05, 0.1) is 11.5 Å². The van der Waals surface area contributed by atoms with Gasteiger partial charge >= 0.3 is 0 Å². The van der Waals surface area contributed by atoms with Crippen molar-refractivity contribution in [3.63, 3.8) is 0 Å². The SMILES string of the molecule is O=c1[c]coc2ccccc12. The van der Waals surface area contributed by atoms with E-state index in [0.29, 0.717) is 11.0 Å². The maximum atomic E-state index is 11.1. The van der Waals surface area contributed by atoms with E-state index in [0.717, 1.165) is 0 Å². The van der Waals surface area contributed by atoms with Crippen LogP contribution in [-0.2, 0) is 0 Å². The first kappa shape index (κ1) is 6.16. The quantitative estimate of drug-likeness (QED) is 0.563. The van der Waals surface area contributed by atoms with Crippen molar-refractivity contribution in [2.75, 3.05) is 0 Å². The molecule has 2 heteroatoms. The standard InChI is InChI=1S/C9H5O2/c10-8-5-6-11-9-4-2-1-3-7(8)9/h1-4,6H. The molecule has 0 saturated carbocycles. The van der Waals surface area contributed by atoms with Gasteiger partial charge in [0, 0.05) is 0 Å². The molecule has 1 aromatic carbocycles. The van der Waals surface area contributed by atoms with Crippen LogP contribution < -0.4 is 5.43 Å². The van der Waals surface area contributed by atoms with Crippen LogP contribution >= 0.6 is 0 Å². The van der Waals surface area contributed by atoms with E-state index in [1.165, 1.54) is 6.26 Å². The molecule has 0 aliphatic heterocycles. The molecule has 0 fully saturated rings. The van der Waals surface area contributed by atoms with Crippen molar-refractivity contribution in [3.05, 3.63) is 46.8 Å². The number of fused-ring (bicyclic) bond motifs is 1. The van der Waals surface area contributed by atoms with Crippen LogP contribution in [0.1, 0.15) is 0 Å². The van der Waals surface area contributed by atoms with Gasteiger partial charge in [-0.05, 0) is 12.1 Å². The first-order valence-corrected chi connectivity index (χ1v) is 3.26. The highest BCUT2D eigenvalue weighted by molar-refractivity contribution is 5.75. The molecule has 0 N–H and O–H groups in total. The van der Waals surface area contributed by atoms with Gasteiger partial charge < -0.3 is 4.42 Å². The minimum atomic E-state index is -0.119. The van der Waals surface area contributed by atoms with E-state index in [1.54, 1.807) is 18.2 Å². The number of para-hydroxylation sites is 1. The van der Waals surface area contributed by atoms with Crippen molar-refractivity contribution in [1.82, 2.24) is 0 Å². The second kappa shape index (κ2) is 2.23. The molecule has 0 aliphatic carbocycles. The van der Waals surface area contributed by atoms with Crippen LogP contribution in [-0.4, -0.2) is 0 Å². The summed E-state index contributed by atoms with van der Waals surface area (Å²) >= 11 is 0. The molecule has 0 spiro atoms. The van der Waals surface area contributed by atoms with Crippen LogP contribution in [0.2, 0.25) is 0 Å². The third-order valence-electron chi connectivity index (χ3n) is 1.51. The van der Waals surface area contributed by atoms with Gasteiger partial charge in [0.1, 0.15) is 11.8 Å². The Morgan fingerprint density at radius 2 is 2.09 bits per heavy atom. The minimum absolute atomic E-state index is 0.119. The Bertz CT molecular complexity index is 423. The maximum absolute atomic E-state index is 11.1. The van der Waals surface area contributed by atoms with Crippen LogP contribution in [0.15, 0.2) is 39.7 Å². The summed E-state index contributed by atoms with van der Waals surface area (Å²) in [6, 6.07) is 9.55. The highest BCUT2D eigenvalue weighted by Crippen LogP contribution is 2.06. The predicted molar refractivity (Wildman–Crippen MR) is 41.3 cm³/mol. The summed E-state index contributed by atoms with van der Waals surface area (Å²) in [6.45, 7) is 0. The van der Waals surface area contributed by atoms with Gasteiger partial charge in [-0.1, -0.05) is 12.1 Å². The van der Waals surface area contributed by atoms with Crippen LogP contribution in [0, 0.1) is 6.07 Å². The summed E-state index contributed by atoms with van der Waals surface area (Å²) < 4.78 is 5.04. The van der Waals surface area contributed by atoms with Gasteiger partial charge in [-0.3, -0.25) is 4.79 Å². The largest absolute Gasteiger partial charge is 0.463 e. The zero-order valence-corrected chi connectivity index (χ0v) is 5.70. The lowest BCUT2D eigenvalue weighted by Gasteiger charge is -1.90. The zero-order valence-electron chi connectivity index (χ0n) is 5.70. The molecule has 1 aromatic heterocycles. The van der Waals surface area contributed by atoms with Crippen molar-refractivity contribution >= 4 is 11.0 Å². The van der Waals surface area contributed by atoms with E-state index in [1.807, 2.05) is 6.07 Å². The van der Waals surface area contributed by atoms with Crippen molar-refractivity contribution in [2.24, 2.45) is 0 Å². The first-order valence-electron chi connectivity index (χ1n) is 3.26. The maximum Gasteiger partial charge on any atom is 0.200 e. The summed E-state index contributed by atoms with van der Waals surface area (Å²) in [4.78, 5) is 11.1. The van der Waals surface area contributed by atoms with Gasteiger partial charge in [0.15, 0.2) is 0 Å². The Hall–Kier alpha value is -1.57. The van der Waals surface area contributed by atoms with E-state index >= 15 is 0 Å². The van der Waals surface area contributed by atoms with Crippen molar-refractivity contribution in [2.45, 2.75) is 0 Å². The molecular formula is C9H5O2. The second-order valence-corrected chi connectivity index (χ2v) is 2.21. The van der Waals surface area contributed by atoms with Crippen LogP contribution in [0.25, 0.3) is 11.0 Å². The van der Waals surface area contributed by atoms with Crippen molar-refractivity contribution < 1.29 is 4.42 Å². The fraction of sp³-hybridized carbons (Fsp3) is 0. The van der Waals surface area contributed by atoms with Crippen LogP contribution in [0.5, 0.6) is 0 Å². The molecule has 0 bridgehead atoms. The predicted octanol–water partition coefficient (Wildman–Crippen LogP) is 1.59. The molecule has 0 unspecified atom stereocenters. The Balaban J connectivity index is 3.03. The van der Waals surface area contributed by atoms with E-state index in [-0.39, 0.29) is 5.43 Å². The Morgan fingerprint density at radius 3 is 2.91 bits per heavy atom. The molecule has 11 heavy (non-hydrogen) atoms. The normalized spacial score (nSPS) is 10.2. The summed E-state index contributed by atoms with van der Waals surface area (Å²) in [6.07, 6.45) is 1.28. The average Bonchev–Trinajstić information content (AvgIpc) is 2.06. The minimum Gasteiger partial charge on any atom is -0.463 e. The lowest BCUT2D eigenvalue weighted by Crippen LogP contribution is -1.97. The highest BCUT2D eigenvalue weighted by Gasteiger charge is 1.95. The molecule has 0 amide bonds. The van der Waals surface area contributed by atoms with Crippen molar-refractivity contribution in [3.8, 4) is 0 Å². The van der Waals surface area contributed by atoms with E-state index in [2.05, 4.69) is 6.07 Å². The van der Waals surface area contributed by atoms with Crippen LogP contribution in [0.3, 0.4) is 0 Å². The first-order chi connectivity index (χ1) is 5.38. The van der Waals surface area contributed by atoms with E-state index in [9.17, 15) is 4.79 Å². The van der Waals surface area contributed by atoms with E-state index < -0.39 is 0 Å². The Kier molecular flexibility index (Phi) is 1.25. The Morgan fingerprint density at radius 1 is 1.27 bits per heavy atom. The summed E-state index contributed by atoms with van der Waals surface area (Å²) in [5.74, 6) is 0. The smallest absolute Gasteiger partial charge is 0.200 e. The number of rotatable bonds is 0. The molecule has 0 atom stereocenters. The van der Waals surface area contributed by atoms with Gasteiger partial charge in [-0.2, -0.15) is 0 Å². The molecule has 1 radical (unpaired) electrons. The molecular weight excluding hydrogens is 140 g/mol. The topological polar surface area (TPSA) is 30.2 Å². The molecule has 53 valence electrons. The number of hydrogen-bond acceptors (Lipinski definition) is 2. The molecule has 0 saturated heterocycles. The lowest BCUT2D eigenvalue weighted by atomic mass is 10.2. The van der Waals surface area contributed by atoms with Gasteiger partial charge in [-0.25, -0.2) is 0 Å². The molecule has 1 heterocycles. The van der Waals surface area contributed by atoms with Gasteiger partial charge in [0.25, 0.3) is 0 Å². The fourth-order valence-corrected chi connectivity index (χ4v) is 0.981. The number of benzene rings is 1. The third kappa shape index (κ3) is 0.923. The molecule has 2 aromatic rings. The Labute approximate surface area is 63.1 Å². The average molecular weight is 145 g/mol. The summed E-state index contributed by atoms with van der Waals surface area (Å²) in [7, 11) is 0. The monoisotopic (exact) mass is 145 g/mol. The molecule has 0 aliphatic rings. The third-order valence-corrected chi connectivity index (χ3v) is 1.51. The van der Waals surface area contributed by atoms with Gasteiger partial charge in [-0.15, -0.1) is 0 Å². The zero-order chi connectivity index (χ0) is 7.68. The molecule has 2 nitrogen and oxygen atoms in total. The lowest BCUT2D eigenvalue weighted by molar-refractivity contribution is 0.601. The summed E-state index contributed by atoms with van der Waals surface area (Å²) in [5, 5.41) is 0.579. The second-order valence-electron chi connectivity index (χ2n) is 2.21. The molecule has 2 rings (SSSR count). The van der Waals surface area contributed by atoms with Crippen molar-refractivity contribution in [1.29, 1.82) is 0 Å². The highest BCUT2D eigenvalue weighted by atomic mass is 16.3. The fourth-order valence-electron chi connectivity index (χ4n) is 0.981. The number of hydrogen-bond donors (Lipinski definition) is 0.